The number of rotatable bonds is 6. The van der Waals surface area contributed by atoms with Crippen molar-refractivity contribution in [1.29, 1.82) is 0 Å². The summed E-state index contributed by atoms with van der Waals surface area (Å²) in [5.74, 6) is 0. The summed E-state index contributed by atoms with van der Waals surface area (Å²) in [6.45, 7) is 4.93. The Morgan fingerprint density at radius 1 is 0.931 bits per heavy atom. The van der Waals surface area contributed by atoms with Crippen molar-refractivity contribution in [2.75, 3.05) is 0 Å². The Bertz CT molecular complexity index is 1090. The first kappa shape index (κ1) is 19.4. The average molecular weight is 403 g/mol. The van der Waals surface area contributed by atoms with Gasteiger partial charge >= 0.3 is 0 Å². The van der Waals surface area contributed by atoms with Gasteiger partial charge in [-0.1, -0.05) is 35.9 Å². The minimum Gasteiger partial charge on any atom is -0.302 e. The predicted octanol–water partition coefficient (Wildman–Crippen LogP) is 5.62. The number of aromatic amines is 1. The number of nitrogens with zero attached hydrogens (tertiary/aromatic N) is 2. The highest BCUT2D eigenvalue weighted by molar-refractivity contribution is 6.30. The lowest BCUT2D eigenvalue weighted by atomic mass is 9.98. The maximum absolute atomic E-state index is 6.09. The van der Waals surface area contributed by atoms with Crippen LogP contribution in [0.15, 0.2) is 73.2 Å². The molecule has 0 aliphatic heterocycles. The lowest BCUT2D eigenvalue weighted by Crippen LogP contribution is -2.22. The van der Waals surface area contributed by atoms with E-state index in [0.29, 0.717) is 6.54 Å². The van der Waals surface area contributed by atoms with Gasteiger partial charge < -0.3 is 5.32 Å². The SMILES string of the molecule is Cc1ccc(-c2[nH]ncc2CNC(c2ccncc2)c2ccc(Cl)cc2)cc1C. The molecule has 146 valence electrons. The largest absolute Gasteiger partial charge is 0.302 e. The number of halogens is 1. The molecule has 0 aliphatic carbocycles. The molecule has 2 heterocycles. The number of hydrogen-bond acceptors (Lipinski definition) is 3. The van der Waals surface area contributed by atoms with Crippen LogP contribution in [0.2, 0.25) is 5.02 Å². The molecule has 0 amide bonds. The molecule has 2 aromatic heterocycles. The van der Waals surface area contributed by atoms with E-state index in [4.69, 9.17) is 11.6 Å². The van der Waals surface area contributed by atoms with Gasteiger partial charge in [-0.2, -0.15) is 5.10 Å². The predicted molar refractivity (Wildman–Crippen MR) is 118 cm³/mol. The first-order valence-corrected chi connectivity index (χ1v) is 9.98. The van der Waals surface area contributed by atoms with Gasteiger partial charge in [-0.3, -0.25) is 10.1 Å². The number of H-pyrrole nitrogens is 1. The molecule has 29 heavy (non-hydrogen) atoms. The molecule has 0 radical (unpaired) electrons. The van der Waals surface area contributed by atoms with Crippen molar-refractivity contribution in [2.24, 2.45) is 0 Å². The van der Waals surface area contributed by atoms with E-state index in [1.165, 1.54) is 11.1 Å². The van der Waals surface area contributed by atoms with Gasteiger partial charge in [-0.15, -0.1) is 0 Å². The van der Waals surface area contributed by atoms with E-state index < -0.39 is 0 Å². The molecule has 1 atom stereocenters. The highest BCUT2D eigenvalue weighted by Gasteiger charge is 2.16. The van der Waals surface area contributed by atoms with E-state index in [1.54, 1.807) is 0 Å². The number of nitrogens with one attached hydrogen (secondary N) is 2. The van der Waals surface area contributed by atoms with Gasteiger partial charge in [0.05, 0.1) is 17.9 Å². The van der Waals surface area contributed by atoms with Crippen molar-refractivity contribution in [3.8, 4) is 11.3 Å². The van der Waals surface area contributed by atoms with Crippen LogP contribution < -0.4 is 5.32 Å². The molecule has 4 rings (SSSR count). The third kappa shape index (κ3) is 4.39. The van der Waals surface area contributed by atoms with E-state index >= 15 is 0 Å². The van der Waals surface area contributed by atoms with Crippen LogP contribution in [0.3, 0.4) is 0 Å². The second-order valence-electron chi connectivity index (χ2n) is 7.22. The van der Waals surface area contributed by atoms with Gasteiger partial charge in [0.1, 0.15) is 0 Å². The Labute approximate surface area is 176 Å². The number of hydrogen-bond donors (Lipinski definition) is 2. The standard InChI is InChI=1S/C24H23ClN4/c1-16-3-4-20(13-17(16)2)24-21(15-28-29-24)14-27-23(19-9-11-26-12-10-19)18-5-7-22(25)8-6-18/h3-13,15,23,27H,14H2,1-2H3,(H,28,29). The van der Waals surface area contributed by atoms with E-state index in [9.17, 15) is 0 Å². The first-order valence-electron chi connectivity index (χ1n) is 9.60. The molecule has 2 N–H and O–H groups in total. The van der Waals surface area contributed by atoms with Gasteiger partial charge in [0, 0.05) is 35.1 Å². The van der Waals surface area contributed by atoms with E-state index in [2.05, 4.69) is 64.7 Å². The zero-order chi connectivity index (χ0) is 20.2. The Balaban J connectivity index is 1.61. The normalized spacial score (nSPS) is 12.1. The van der Waals surface area contributed by atoms with Crippen LogP contribution in [0.1, 0.15) is 33.9 Å². The zero-order valence-electron chi connectivity index (χ0n) is 16.5. The van der Waals surface area contributed by atoms with Crippen molar-refractivity contribution in [3.05, 3.63) is 106 Å². The Morgan fingerprint density at radius 2 is 1.66 bits per heavy atom. The maximum atomic E-state index is 6.09. The summed E-state index contributed by atoms with van der Waals surface area (Å²) in [5.41, 5.74) is 8.18. The molecule has 0 aliphatic rings. The van der Waals surface area contributed by atoms with Crippen LogP contribution in [-0.4, -0.2) is 15.2 Å². The van der Waals surface area contributed by atoms with Crippen molar-refractivity contribution < 1.29 is 0 Å². The van der Waals surface area contributed by atoms with Gasteiger partial charge in [0.15, 0.2) is 0 Å². The highest BCUT2D eigenvalue weighted by atomic mass is 35.5. The molecule has 0 bridgehead atoms. The van der Waals surface area contributed by atoms with Crippen molar-refractivity contribution in [3.63, 3.8) is 0 Å². The number of benzene rings is 2. The summed E-state index contributed by atoms with van der Waals surface area (Å²) in [7, 11) is 0. The lowest BCUT2D eigenvalue weighted by molar-refractivity contribution is 0.605. The summed E-state index contributed by atoms with van der Waals surface area (Å²) < 4.78 is 0. The van der Waals surface area contributed by atoms with Crippen molar-refractivity contribution in [2.45, 2.75) is 26.4 Å². The fourth-order valence-corrected chi connectivity index (χ4v) is 3.57. The smallest absolute Gasteiger partial charge is 0.0695 e. The van der Waals surface area contributed by atoms with Crippen LogP contribution in [0.25, 0.3) is 11.3 Å². The average Bonchev–Trinajstić information content (AvgIpc) is 3.21. The minimum atomic E-state index is 0.0257. The zero-order valence-corrected chi connectivity index (χ0v) is 17.2. The van der Waals surface area contributed by atoms with Crippen LogP contribution in [0, 0.1) is 13.8 Å². The summed E-state index contributed by atoms with van der Waals surface area (Å²) in [6.07, 6.45) is 5.53. The Hall–Kier alpha value is -2.95. The van der Waals surface area contributed by atoms with Crippen molar-refractivity contribution >= 4 is 11.6 Å². The lowest BCUT2D eigenvalue weighted by Gasteiger charge is -2.20. The molecule has 5 heteroatoms. The monoisotopic (exact) mass is 402 g/mol. The van der Waals surface area contributed by atoms with Crippen LogP contribution in [0.4, 0.5) is 0 Å². The van der Waals surface area contributed by atoms with E-state index in [1.807, 2.05) is 42.9 Å². The fourth-order valence-electron chi connectivity index (χ4n) is 3.44. The molecule has 0 saturated carbocycles. The third-order valence-corrected chi connectivity index (χ3v) is 5.50. The molecule has 2 aromatic carbocycles. The summed E-state index contributed by atoms with van der Waals surface area (Å²) >= 11 is 6.09. The Kier molecular flexibility index (Phi) is 5.74. The topological polar surface area (TPSA) is 53.6 Å². The third-order valence-electron chi connectivity index (χ3n) is 5.25. The second-order valence-corrected chi connectivity index (χ2v) is 7.65. The Morgan fingerprint density at radius 3 is 2.38 bits per heavy atom. The number of aryl methyl sites for hydroxylation is 2. The molecule has 0 fully saturated rings. The van der Waals surface area contributed by atoms with Gasteiger partial charge in [-0.05, 0) is 66.4 Å². The van der Waals surface area contributed by atoms with Crippen LogP contribution >= 0.6 is 11.6 Å². The maximum Gasteiger partial charge on any atom is 0.0695 e. The molecule has 4 aromatic rings. The number of aromatic nitrogens is 3. The molecular weight excluding hydrogens is 380 g/mol. The molecule has 4 nitrogen and oxygen atoms in total. The first-order chi connectivity index (χ1) is 14.1. The summed E-state index contributed by atoms with van der Waals surface area (Å²) in [6, 6.07) is 18.5. The number of pyridine rings is 1. The molecule has 0 spiro atoms. The van der Waals surface area contributed by atoms with Crippen molar-refractivity contribution in [1.82, 2.24) is 20.5 Å². The van der Waals surface area contributed by atoms with E-state index in [0.717, 1.165) is 33.0 Å². The van der Waals surface area contributed by atoms with Gasteiger partial charge in [0.25, 0.3) is 0 Å². The molecule has 1 unspecified atom stereocenters. The fraction of sp³-hybridized carbons (Fsp3) is 0.167. The van der Waals surface area contributed by atoms with E-state index in [-0.39, 0.29) is 6.04 Å². The van der Waals surface area contributed by atoms with Gasteiger partial charge in [0.2, 0.25) is 0 Å². The second kappa shape index (κ2) is 8.60. The summed E-state index contributed by atoms with van der Waals surface area (Å²) in [5, 5.41) is 11.9. The minimum absolute atomic E-state index is 0.0257. The van der Waals surface area contributed by atoms with Gasteiger partial charge in [-0.25, -0.2) is 0 Å². The highest BCUT2D eigenvalue weighted by Crippen LogP contribution is 2.27. The quantitative estimate of drug-likeness (QED) is 0.440. The molecular formula is C24H23ClN4. The van der Waals surface area contributed by atoms with Crippen LogP contribution in [-0.2, 0) is 6.54 Å². The van der Waals surface area contributed by atoms with Crippen LogP contribution in [0.5, 0.6) is 0 Å². The molecule has 0 saturated heterocycles. The summed E-state index contributed by atoms with van der Waals surface area (Å²) in [4.78, 5) is 4.15.